The second-order valence-corrected chi connectivity index (χ2v) is 10.9. The van der Waals surface area contributed by atoms with E-state index in [1.807, 2.05) is 22.9 Å². The highest BCUT2D eigenvalue weighted by atomic mass is 35.5. The van der Waals surface area contributed by atoms with Crippen LogP contribution in [0.3, 0.4) is 0 Å². The Bertz CT molecular complexity index is 1230. The van der Waals surface area contributed by atoms with E-state index in [-0.39, 0.29) is 24.0 Å². The van der Waals surface area contributed by atoms with Crippen molar-refractivity contribution in [1.82, 2.24) is 19.9 Å². The van der Waals surface area contributed by atoms with Gasteiger partial charge in [-0.25, -0.2) is 9.48 Å². The minimum atomic E-state index is -0.930. The SMILES string of the molecule is CC(C)n1nnc2c(CN(C3CC3)[C@]3(c4cccc(Cl)c4)CC[C@H](CN)CC3)c(C(=O)O)ccc21.Cl. The Labute approximate surface area is 223 Å². The topological polar surface area (TPSA) is 97.3 Å². The monoisotopic (exact) mass is 531 g/mol. The zero-order valence-electron chi connectivity index (χ0n) is 20.9. The normalized spacial score (nSPS) is 22.2. The molecule has 0 saturated heterocycles. The average molecular weight is 533 g/mol. The number of aromatic nitrogens is 3. The van der Waals surface area contributed by atoms with Gasteiger partial charge in [0.1, 0.15) is 5.52 Å². The van der Waals surface area contributed by atoms with E-state index >= 15 is 0 Å². The predicted octanol–water partition coefficient (Wildman–Crippen LogP) is 5.79. The number of hydrogen-bond donors (Lipinski definition) is 2. The lowest BCUT2D eigenvalue weighted by Crippen LogP contribution is -2.50. The highest BCUT2D eigenvalue weighted by Gasteiger charge is 2.47. The van der Waals surface area contributed by atoms with Gasteiger partial charge in [-0.15, -0.1) is 17.5 Å². The smallest absolute Gasteiger partial charge is 0.336 e. The fourth-order valence-electron chi connectivity index (χ4n) is 5.90. The highest BCUT2D eigenvalue weighted by molar-refractivity contribution is 6.30. The van der Waals surface area contributed by atoms with Crippen molar-refractivity contribution < 1.29 is 9.90 Å². The van der Waals surface area contributed by atoms with E-state index in [1.54, 1.807) is 6.07 Å². The first-order chi connectivity index (χ1) is 16.8. The van der Waals surface area contributed by atoms with Gasteiger partial charge in [0, 0.05) is 34.8 Å². The van der Waals surface area contributed by atoms with Gasteiger partial charge in [0.25, 0.3) is 0 Å². The van der Waals surface area contributed by atoms with Crippen LogP contribution < -0.4 is 5.73 Å². The fraction of sp³-hybridized carbons (Fsp3) is 0.519. The van der Waals surface area contributed by atoms with Gasteiger partial charge in [-0.05, 0) is 94.7 Å². The van der Waals surface area contributed by atoms with Crippen LogP contribution >= 0.6 is 24.0 Å². The second kappa shape index (κ2) is 10.7. The summed E-state index contributed by atoms with van der Waals surface area (Å²) < 4.78 is 1.87. The number of carboxylic acids is 1. The van der Waals surface area contributed by atoms with Gasteiger partial charge in [-0.1, -0.05) is 28.9 Å². The average Bonchev–Trinajstić information content (AvgIpc) is 3.59. The van der Waals surface area contributed by atoms with Crippen LogP contribution in [0, 0.1) is 5.92 Å². The van der Waals surface area contributed by atoms with Gasteiger partial charge in [0.15, 0.2) is 0 Å². The quantitative estimate of drug-likeness (QED) is 0.381. The molecule has 9 heteroatoms. The molecule has 2 aliphatic rings. The molecule has 194 valence electrons. The van der Waals surface area contributed by atoms with Gasteiger partial charge in [-0.2, -0.15) is 0 Å². The molecule has 2 aliphatic carbocycles. The van der Waals surface area contributed by atoms with Crippen LogP contribution in [0.2, 0.25) is 5.02 Å². The van der Waals surface area contributed by atoms with Crippen molar-refractivity contribution in [1.29, 1.82) is 0 Å². The molecule has 2 aromatic carbocycles. The summed E-state index contributed by atoms with van der Waals surface area (Å²) >= 11 is 6.48. The van der Waals surface area contributed by atoms with Crippen LogP contribution in [-0.2, 0) is 12.1 Å². The Balaban J connectivity index is 0.00000304. The van der Waals surface area contributed by atoms with Crippen LogP contribution in [0.4, 0.5) is 0 Å². The van der Waals surface area contributed by atoms with Crippen LogP contribution in [-0.4, -0.2) is 43.6 Å². The van der Waals surface area contributed by atoms with Crippen molar-refractivity contribution in [3.05, 3.63) is 58.1 Å². The fourth-order valence-corrected chi connectivity index (χ4v) is 6.09. The number of nitrogens with zero attached hydrogens (tertiary/aromatic N) is 4. The van der Waals surface area contributed by atoms with Crippen LogP contribution in [0.15, 0.2) is 36.4 Å². The highest BCUT2D eigenvalue weighted by Crippen LogP contribution is 2.50. The van der Waals surface area contributed by atoms with Crippen molar-refractivity contribution in [2.45, 2.75) is 76.5 Å². The molecule has 3 N–H and O–H groups in total. The third-order valence-corrected chi connectivity index (χ3v) is 8.20. The maximum Gasteiger partial charge on any atom is 0.336 e. The molecule has 2 fully saturated rings. The van der Waals surface area contributed by atoms with E-state index in [4.69, 9.17) is 17.3 Å². The number of fused-ring (bicyclic) bond motifs is 1. The van der Waals surface area contributed by atoms with Gasteiger partial charge >= 0.3 is 5.97 Å². The lowest BCUT2D eigenvalue weighted by Gasteiger charge is -2.49. The standard InChI is InChI=1S/C27H34ClN5O2.ClH/c1-17(2)33-24-9-8-22(26(34)35)23(25(24)30-31-33)16-32(21-6-7-21)27(12-10-18(15-29)11-13-27)19-4-3-5-20(28)14-19;/h3-5,8-9,14,17-18,21H,6-7,10-13,15-16,29H2,1-2H3,(H,34,35);1H/t18-,27+;. The van der Waals surface area contributed by atoms with Gasteiger partial charge in [0.2, 0.25) is 0 Å². The van der Waals surface area contributed by atoms with E-state index in [1.165, 1.54) is 5.56 Å². The Morgan fingerprint density at radius 1 is 1.22 bits per heavy atom. The van der Waals surface area contributed by atoms with E-state index in [0.717, 1.165) is 54.6 Å². The van der Waals surface area contributed by atoms with Gasteiger partial charge in [0.05, 0.1) is 11.1 Å². The molecule has 0 aliphatic heterocycles. The molecule has 0 bridgehead atoms. The number of aromatic carboxylic acids is 1. The van der Waals surface area contributed by atoms with E-state index in [9.17, 15) is 9.90 Å². The van der Waals surface area contributed by atoms with Crippen LogP contribution in [0.25, 0.3) is 11.0 Å². The molecule has 0 unspecified atom stereocenters. The number of benzene rings is 2. The van der Waals surface area contributed by atoms with Crippen molar-refractivity contribution >= 4 is 41.0 Å². The van der Waals surface area contributed by atoms with Crippen molar-refractivity contribution in [3.63, 3.8) is 0 Å². The number of hydrogen-bond acceptors (Lipinski definition) is 5. The van der Waals surface area contributed by atoms with Crippen molar-refractivity contribution in [3.8, 4) is 0 Å². The molecule has 2 saturated carbocycles. The van der Waals surface area contributed by atoms with E-state index in [0.29, 0.717) is 36.1 Å². The number of halogens is 2. The summed E-state index contributed by atoms with van der Waals surface area (Å²) in [4.78, 5) is 14.9. The molecule has 7 nitrogen and oxygen atoms in total. The lowest BCUT2D eigenvalue weighted by molar-refractivity contribution is 0.0185. The van der Waals surface area contributed by atoms with Gasteiger partial charge < -0.3 is 10.8 Å². The summed E-state index contributed by atoms with van der Waals surface area (Å²) in [7, 11) is 0. The Morgan fingerprint density at radius 2 is 1.94 bits per heavy atom. The minimum Gasteiger partial charge on any atom is -0.478 e. The van der Waals surface area contributed by atoms with Gasteiger partial charge in [-0.3, -0.25) is 4.90 Å². The van der Waals surface area contributed by atoms with Crippen LogP contribution in [0.5, 0.6) is 0 Å². The molecule has 0 amide bonds. The molecule has 3 aromatic rings. The zero-order valence-corrected chi connectivity index (χ0v) is 22.4. The van der Waals surface area contributed by atoms with E-state index < -0.39 is 5.97 Å². The summed E-state index contributed by atoms with van der Waals surface area (Å²) in [5.41, 5.74) is 9.65. The Morgan fingerprint density at radius 3 is 2.53 bits per heavy atom. The molecular formula is C27H35Cl2N5O2. The summed E-state index contributed by atoms with van der Waals surface area (Å²) in [5, 5.41) is 19.7. The molecule has 1 heterocycles. The molecule has 0 atom stereocenters. The first-order valence-electron chi connectivity index (χ1n) is 12.7. The van der Waals surface area contributed by atoms with Crippen molar-refractivity contribution in [2.24, 2.45) is 11.7 Å². The maximum atomic E-state index is 12.3. The third-order valence-electron chi connectivity index (χ3n) is 7.96. The maximum absolute atomic E-state index is 12.3. The largest absolute Gasteiger partial charge is 0.478 e. The lowest BCUT2D eigenvalue weighted by atomic mass is 9.71. The van der Waals surface area contributed by atoms with Crippen molar-refractivity contribution in [2.75, 3.05) is 6.54 Å². The summed E-state index contributed by atoms with van der Waals surface area (Å²) in [6.45, 7) is 5.33. The molecule has 0 spiro atoms. The first-order valence-corrected chi connectivity index (χ1v) is 13.0. The molecule has 1 aromatic heterocycles. The Hall–Kier alpha value is -2.19. The predicted molar refractivity (Wildman–Crippen MR) is 145 cm³/mol. The summed E-state index contributed by atoms with van der Waals surface area (Å²) in [5.74, 6) is -0.410. The summed E-state index contributed by atoms with van der Waals surface area (Å²) in [6, 6.07) is 12.3. The zero-order chi connectivity index (χ0) is 24.7. The molecule has 5 rings (SSSR count). The molecule has 36 heavy (non-hydrogen) atoms. The first kappa shape index (κ1) is 26.9. The number of carboxylic acid groups (broad SMARTS) is 1. The third kappa shape index (κ3) is 4.86. The van der Waals surface area contributed by atoms with E-state index in [2.05, 4.69) is 41.2 Å². The number of nitrogens with two attached hydrogens (primary N) is 1. The van der Waals surface area contributed by atoms with Crippen LogP contribution in [0.1, 0.15) is 79.9 Å². The Kier molecular flexibility index (Phi) is 7.95. The molecular weight excluding hydrogens is 497 g/mol. The molecule has 0 radical (unpaired) electrons. The minimum absolute atomic E-state index is 0. The number of carbonyl (C=O) groups is 1. The summed E-state index contributed by atoms with van der Waals surface area (Å²) in [6.07, 6.45) is 6.27. The number of rotatable bonds is 8. The second-order valence-electron chi connectivity index (χ2n) is 10.5.